The second kappa shape index (κ2) is 5.85. The van der Waals surface area contributed by atoms with Crippen molar-refractivity contribution in [2.45, 2.75) is 26.0 Å². The van der Waals surface area contributed by atoms with Crippen molar-refractivity contribution in [1.29, 1.82) is 0 Å². The summed E-state index contributed by atoms with van der Waals surface area (Å²) in [5.74, 6) is -0.360. The molecule has 0 bridgehead atoms. The van der Waals surface area contributed by atoms with Gasteiger partial charge in [-0.25, -0.2) is 9.78 Å². The minimum absolute atomic E-state index is 0.0164. The van der Waals surface area contributed by atoms with E-state index in [1.807, 2.05) is 6.92 Å². The Bertz CT molecular complexity index is 463. The van der Waals surface area contributed by atoms with Gasteiger partial charge in [-0.05, 0) is 13.8 Å². The molecule has 0 radical (unpaired) electrons. The van der Waals surface area contributed by atoms with Gasteiger partial charge in [0.15, 0.2) is 5.13 Å². The highest BCUT2D eigenvalue weighted by molar-refractivity contribution is 7.17. The Labute approximate surface area is 116 Å². The van der Waals surface area contributed by atoms with E-state index in [0.717, 1.165) is 5.13 Å². The molecule has 7 heteroatoms. The van der Waals surface area contributed by atoms with E-state index in [-0.39, 0.29) is 24.7 Å². The quantitative estimate of drug-likeness (QED) is 0.830. The molecule has 6 nitrogen and oxygen atoms in total. The van der Waals surface area contributed by atoms with Crippen molar-refractivity contribution < 1.29 is 19.4 Å². The molecule has 1 aliphatic rings. The molecule has 0 aromatic carbocycles. The molecule has 0 spiro atoms. The zero-order valence-corrected chi connectivity index (χ0v) is 12.1. The number of anilines is 1. The van der Waals surface area contributed by atoms with E-state index in [2.05, 4.69) is 9.88 Å². The average molecular weight is 286 g/mol. The number of methoxy groups -OCH3 is 1. The number of hydrogen-bond acceptors (Lipinski definition) is 7. The minimum Gasteiger partial charge on any atom is -0.465 e. The summed E-state index contributed by atoms with van der Waals surface area (Å²) < 4.78 is 10.2. The third kappa shape index (κ3) is 2.88. The maximum absolute atomic E-state index is 11.6. The molecule has 2 atom stereocenters. The summed E-state index contributed by atoms with van der Waals surface area (Å²) >= 11 is 1.32. The maximum Gasteiger partial charge on any atom is 0.350 e. The number of aromatic nitrogens is 1. The molecule has 2 heterocycles. The Morgan fingerprint density at radius 1 is 1.68 bits per heavy atom. The summed E-state index contributed by atoms with van der Waals surface area (Å²) in [6.45, 7) is 4.92. The van der Waals surface area contributed by atoms with Gasteiger partial charge in [-0.15, -0.1) is 0 Å². The van der Waals surface area contributed by atoms with Crippen molar-refractivity contribution in [1.82, 2.24) is 4.98 Å². The summed E-state index contributed by atoms with van der Waals surface area (Å²) in [7, 11) is 1.36. The lowest BCUT2D eigenvalue weighted by atomic mass is 10.2. The van der Waals surface area contributed by atoms with Gasteiger partial charge in [0, 0.05) is 6.54 Å². The van der Waals surface area contributed by atoms with Crippen LogP contribution in [-0.2, 0) is 9.47 Å². The van der Waals surface area contributed by atoms with Crippen molar-refractivity contribution in [3.63, 3.8) is 0 Å². The highest BCUT2D eigenvalue weighted by Gasteiger charge is 2.29. The van der Waals surface area contributed by atoms with Crippen LogP contribution in [0.25, 0.3) is 0 Å². The Kier molecular flexibility index (Phi) is 4.38. The number of hydrogen-bond donors (Lipinski definition) is 1. The van der Waals surface area contributed by atoms with Crippen LogP contribution in [0.3, 0.4) is 0 Å². The van der Waals surface area contributed by atoms with Crippen LogP contribution in [0.1, 0.15) is 22.3 Å². The van der Waals surface area contributed by atoms with Crippen LogP contribution in [0.5, 0.6) is 0 Å². The number of carbonyl (C=O) groups is 1. The number of aliphatic hydroxyl groups is 1. The molecule has 106 valence electrons. The number of esters is 1. The SMILES string of the molecule is COC(=O)c1sc(N2CC(CO)OCC2C)nc1C. The van der Waals surface area contributed by atoms with E-state index < -0.39 is 0 Å². The van der Waals surface area contributed by atoms with Crippen molar-refractivity contribution in [3.8, 4) is 0 Å². The topological polar surface area (TPSA) is 71.9 Å². The minimum atomic E-state index is -0.360. The predicted molar refractivity (Wildman–Crippen MR) is 71.8 cm³/mol. The molecule has 1 aromatic heterocycles. The molecule has 1 aromatic rings. The second-order valence-electron chi connectivity index (χ2n) is 4.54. The molecular formula is C12H18N2O4S. The maximum atomic E-state index is 11.6. The van der Waals surface area contributed by atoms with Crippen molar-refractivity contribution in [2.75, 3.05) is 31.8 Å². The molecular weight excluding hydrogens is 268 g/mol. The van der Waals surface area contributed by atoms with Gasteiger partial charge in [-0.1, -0.05) is 11.3 Å². The number of morpholine rings is 1. The molecule has 19 heavy (non-hydrogen) atoms. The predicted octanol–water partition coefficient (Wildman–Crippen LogP) is 0.824. The number of carbonyl (C=O) groups excluding carboxylic acids is 1. The Morgan fingerprint density at radius 2 is 2.42 bits per heavy atom. The van der Waals surface area contributed by atoms with Crippen LogP contribution in [-0.4, -0.2) is 55.1 Å². The van der Waals surface area contributed by atoms with Gasteiger partial charge < -0.3 is 19.5 Å². The zero-order valence-electron chi connectivity index (χ0n) is 11.3. The summed E-state index contributed by atoms with van der Waals surface area (Å²) in [6.07, 6.45) is -0.206. The van der Waals surface area contributed by atoms with Gasteiger partial charge >= 0.3 is 5.97 Å². The monoisotopic (exact) mass is 286 g/mol. The first-order chi connectivity index (χ1) is 9.06. The van der Waals surface area contributed by atoms with Gasteiger partial charge in [0.1, 0.15) is 4.88 Å². The van der Waals surface area contributed by atoms with Crippen LogP contribution in [0.2, 0.25) is 0 Å². The van der Waals surface area contributed by atoms with Gasteiger partial charge in [0.2, 0.25) is 0 Å². The molecule has 1 aliphatic heterocycles. The first-order valence-corrected chi connectivity index (χ1v) is 6.93. The fraction of sp³-hybridized carbons (Fsp3) is 0.667. The number of thiazole rings is 1. The van der Waals surface area contributed by atoms with Gasteiger partial charge in [-0.3, -0.25) is 0 Å². The molecule has 1 fully saturated rings. The Hall–Kier alpha value is -1.18. The summed E-state index contributed by atoms with van der Waals surface area (Å²) in [5.41, 5.74) is 0.672. The Balaban J connectivity index is 2.23. The normalized spacial score (nSPS) is 23.5. The lowest BCUT2D eigenvalue weighted by Gasteiger charge is -2.37. The molecule has 1 saturated heterocycles. The molecule has 2 unspecified atom stereocenters. The smallest absolute Gasteiger partial charge is 0.350 e. The number of ether oxygens (including phenoxy) is 2. The van der Waals surface area contributed by atoms with Crippen LogP contribution < -0.4 is 4.90 Å². The lowest BCUT2D eigenvalue weighted by Crippen LogP contribution is -2.49. The summed E-state index contributed by atoms with van der Waals surface area (Å²) in [5, 5.41) is 9.96. The van der Waals surface area contributed by atoms with Crippen LogP contribution in [0.4, 0.5) is 5.13 Å². The number of rotatable bonds is 3. The third-order valence-corrected chi connectivity index (χ3v) is 4.29. The second-order valence-corrected chi connectivity index (χ2v) is 5.52. The Morgan fingerprint density at radius 3 is 3.05 bits per heavy atom. The van der Waals surface area contributed by atoms with Crippen molar-refractivity contribution in [3.05, 3.63) is 10.6 Å². The van der Waals surface area contributed by atoms with E-state index >= 15 is 0 Å². The number of aliphatic hydroxyl groups excluding tert-OH is 1. The van der Waals surface area contributed by atoms with Gasteiger partial charge in [-0.2, -0.15) is 0 Å². The van der Waals surface area contributed by atoms with Crippen LogP contribution >= 0.6 is 11.3 Å². The van der Waals surface area contributed by atoms with Gasteiger partial charge in [0.05, 0.1) is 38.2 Å². The first kappa shape index (κ1) is 14.2. The first-order valence-electron chi connectivity index (χ1n) is 6.11. The summed E-state index contributed by atoms with van der Waals surface area (Å²) in [6, 6.07) is 0.166. The fourth-order valence-electron chi connectivity index (χ4n) is 1.98. The molecule has 2 rings (SSSR count). The molecule has 0 aliphatic carbocycles. The largest absolute Gasteiger partial charge is 0.465 e. The van der Waals surface area contributed by atoms with E-state index in [9.17, 15) is 9.90 Å². The lowest BCUT2D eigenvalue weighted by molar-refractivity contribution is -0.0103. The van der Waals surface area contributed by atoms with Crippen molar-refractivity contribution in [2.24, 2.45) is 0 Å². The highest BCUT2D eigenvalue weighted by Crippen LogP contribution is 2.29. The van der Waals surface area contributed by atoms with E-state index in [4.69, 9.17) is 9.47 Å². The van der Waals surface area contributed by atoms with E-state index in [1.165, 1.54) is 18.4 Å². The van der Waals surface area contributed by atoms with E-state index in [0.29, 0.717) is 23.7 Å². The zero-order chi connectivity index (χ0) is 14.0. The van der Waals surface area contributed by atoms with Gasteiger partial charge in [0.25, 0.3) is 0 Å². The molecule has 0 saturated carbocycles. The highest BCUT2D eigenvalue weighted by atomic mass is 32.1. The molecule has 1 N–H and O–H groups in total. The third-order valence-electron chi connectivity index (χ3n) is 3.11. The fourth-order valence-corrected chi connectivity index (χ4v) is 3.08. The summed E-state index contributed by atoms with van der Waals surface area (Å²) in [4.78, 5) is 18.6. The van der Waals surface area contributed by atoms with Crippen molar-refractivity contribution >= 4 is 22.4 Å². The number of nitrogens with zero attached hydrogens (tertiary/aromatic N) is 2. The van der Waals surface area contributed by atoms with Crippen LogP contribution in [0.15, 0.2) is 0 Å². The number of aryl methyl sites for hydroxylation is 1. The standard InChI is InChI=1S/C12H18N2O4S/c1-7-6-18-9(5-15)4-14(7)12-13-8(2)10(19-12)11(16)17-3/h7,9,15H,4-6H2,1-3H3. The van der Waals surface area contributed by atoms with Crippen LogP contribution in [0, 0.1) is 6.92 Å². The molecule has 0 amide bonds. The average Bonchev–Trinajstić information content (AvgIpc) is 2.80. The van der Waals surface area contributed by atoms with E-state index in [1.54, 1.807) is 6.92 Å².